The van der Waals surface area contributed by atoms with E-state index in [2.05, 4.69) is 4.74 Å². The van der Waals surface area contributed by atoms with E-state index in [9.17, 15) is 34.2 Å². The van der Waals surface area contributed by atoms with Crippen molar-refractivity contribution in [1.29, 1.82) is 0 Å². The minimum Gasteiger partial charge on any atom is -0.550 e. The first-order chi connectivity index (χ1) is 13.6. The fourth-order valence-electron chi connectivity index (χ4n) is 2.34. The van der Waals surface area contributed by atoms with Crippen LogP contribution in [-0.4, -0.2) is 54.6 Å². The second-order valence-corrected chi connectivity index (χ2v) is 5.85. The maximum Gasteiger partial charge on any atom is 1.00 e. The monoisotopic (exact) mass is 676 g/mol. The van der Waals surface area contributed by atoms with Crippen molar-refractivity contribution in [3.8, 4) is 11.5 Å². The van der Waals surface area contributed by atoms with E-state index in [1.807, 2.05) is 0 Å². The van der Waals surface area contributed by atoms with E-state index >= 15 is 0 Å². The number of carboxylic acids is 3. The average Bonchev–Trinajstić information content (AvgIpc) is 2.63. The molecule has 0 aliphatic heterocycles. The maximum atomic E-state index is 11.9. The molecule has 1 rings (SSSR count). The van der Waals surface area contributed by atoms with Crippen LogP contribution >= 0.6 is 0 Å². The average molecular weight is 676 g/mol. The van der Waals surface area contributed by atoms with Gasteiger partial charge in [0.05, 0.1) is 13.7 Å². The van der Waals surface area contributed by atoms with Crippen molar-refractivity contribution in [2.24, 2.45) is 0 Å². The Morgan fingerprint density at radius 2 is 1.65 bits per heavy atom. The van der Waals surface area contributed by atoms with Crippen molar-refractivity contribution in [2.45, 2.75) is 31.3 Å². The van der Waals surface area contributed by atoms with Crippen molar-refractivity contribution in [2.75, 3.05) is 13.7 Å². The summed E-state index contributed by atoms with van der Waals surface area (Å²) in [6.07, 6.45) is -2.43. The Labute approximate surface area is 295 Å². The molecule has 0 fully saturated rings. The van der Waals surface area contributed by atoms with Gasteiger partial charge in [-0.15, -0.1) is 0 Å². The Kier molecular flexibility index (Phi) is 18.4. The van der Waals surface area contributed by atoms with Crippen LogP contribution in [0.25, 0.3) is 0 Å². The van der Waals surface area contributed by atoms with E-state index in [1.54, 1.807) is 0 Å². The van der Waals surface area contributed by atoms with Gasteiger partial charge >= 0.3 is 150 Å². The van der Waals surface area contributed by atoms with Gasteiger partial charge in [-0.1, -0.05) is 0 Å². The molecule has 0 bridgehead atoms. The van der Waals surface area contributed by atoms with E-state index in [-0.39, 0.29) is 163 Å². The van der Waals surface area contributed by atoms with Crippen LogP contribution in [0.1, 0.15) is 36.0 Å². The summed E-state index contributed by atoms with van der Waals surface area (Å²) in [6, 6.07) is 4.41. The van der Waals surface area contributed by atoms with Gasteiger partial charge in [-0.25, -0.2) is 4.79 Å². The van der Waals surface area contributed by atoms with E-state index < -0.39 is 42.3 Å². The van der Waals surface area contributed by atoms with Gasteiger partial charge in [0, 0.05) is 36.8 Å². The molecule has 1 N–H and O–H groups in total. The van der Waals surface area contributed by atoms with Crippen molar-refractivity contribution in [1.82, 2.24) is 0 Å². The molecular formula is C18H18Cs2O11. The normalized spacial score (nSPS) is 9.97. The number of carbonyl (C=O) groups excluding carboxylic acids is 4. The molecule has 0 heterocycles. The Morgan fingerprint density at radius 1 is 1.06 bits per heavy atom. The summed E-state index contributed by atoms with van der Waals surface area (Å²) in [5, 5.41) is 30.7. The van der Waals surface area contributed by atoms with Crippen molar-refractivity contribution < 1.29 is 191 Å². The number of hydrogen-bond acceptors (Lipinski definition) is 10. The van der Waals surface area contributed by atoms with Crippen LogP contribution < -0.4 is 157 Å². The zero-order chi connectivity index (χ0) is 22.0. The number of carbonyl (C=O) groups is 5. The summed E-state index contributed by atoms with van der Waals surface area (Å²) in [4.78, 5) is 55.5. The minimum absolute atomic E-state index is 0. The van der Waals surface area contributed by atoms with Crippen LogP contribution in [-0.2, 0) is 23.9 Å². The topological polar surface area (TPSA) is 179 Å². The molecule has 0 aromatic heterocycles. The molecule has 0 radical (unpaired) electrons. The number of methoxy groups -OCH3 is 1. The second kappa shape index (κ2) is 17.0. The number of carboxylic acid groups (broad SMARTS) is 3. The SMILES string of the molecule is COc1cc(C=O)ccc1OCCCC(=O)OC(CC(=O)[O-])(CC(=O)[O-])C(=O)O.[Cs+].[Cs+]. The van der Waals surface area contributed by atoms with Crippen LogP contribution in [0.2, 0.25) is 0 Å². The zero-order valence-electron chi connectivity index (χ0n) is 17.4. The molecule has 11 nitrogen and oxygen atoms in total. The Balaban J connectivity index is 0. The van der Waals surface area contributed by atoms with Crippen molar-refractivity contribution in [3.63, 3.8) is 0 Å². The number of aliphatic carboxylic acids is 3. The standard InChI is InChI=1S/C18H20O11.2Cs/c1-27-13-7-11(10-19)4-5-12(13)28-6-2-3-16(24)29-18(17(25)26,8-14(20)21)9-15(22)23;;/h4-5,7,10H,2-3,6,8-9H2,1H3,(H,20,21)(H,22,23)(H,25,26);;/q;2*+1/p-2. The molecule has 31 heavy (non-hydrogen) atoms. The fourth-order valence-corrected chi connectivity index (χ4v) is 2.34. The second-order valence-electron chi connectivity index (χ2n) is 5.85. The molecule has 0 unspecified atom stereocenters. The van der Waals surface area contributed by atoms with Gasteiger partial charge in [-0.05, 0) is 24.6 Å². The molecular weight excluding hydrogens is 658 g/mol. The molecule has 0 saturated heterocycles. The molecule has 0 aliphatic rings. The van der Waals surface area contributed by atoms with Crippen LogP contribution in [0.3, 0.4) is 0 Å². The number of benzene rings is 1. The summed E-state index contributed by atoms with van der Waals surface area (Å²) >= 11 is 0. The molecule has 0 saturated carbocycles. The summed E-state index contributed by atoms with van der Waals surface area (Å²) in [7, 11) is 1.37. The number of rotatable bonds is 13. The molecule has 0 atom stereocenters. The third-order valence-electron chi connectivity index (χ3n) is 3.67. The number of aldehydes is 1. The van der Waals surface area contributed by atoms with Crippen molar-refractivity contribution >= 4 is 30.2 Å². The largest absolute Gasteiger partial charge is 1.00 e. The first-order valence-electron chi connectivity index (χ1n) is 8.24. The van der Waals surface area contributed by atoms with E-state index in [0.29, 0.717) is 17.6 Å². The molecule has 13 heteroatoms. The summed E-state index contributed by atoms with van der Waals surface area (Å²) in [5.41, 5.74) is -2.47. The first-order valence-corrected chi connectivity index (χ1v) is 8.24. The van der Waals surface area contributed by atoms with Crippen molar-refractivity contribution in [3.05, 3.63) is 23.8 Å². The van der Waals surface area contributed by atoms with Crippen LogP contribution in [0.5, 0.6) is 11.5 Å². The maximum absolute atomic E-state index is 11.9. The van der Waals surface area contributed by atoms with Crippen LogP contribution in [0.4, 0.5) is 0 Å². The number of esters is 1. The summed E-state index contributed by atoms with van der Waals surface area (Å²) in [5.74, 6) is -6.33. The van der Waals surface area contributed by atoms with Gasteiger partial charge in [0.15, 0.2) is 11.5 Å². The minimum atomic E-state index is -2.83. The predicted molar refractivity (Wildman–Crippen MR) is 88.8 cm³/mol. The molecule has 1 aromatic carbocycles. The molecule has 0 spiro atoms. The van der Waals surface area contributed by atoms with Gasteiger partial charge in [0.25, 0.3) is 0 Å². The zero-order valence-corrected chi connectivity index (χ0v) is 29.9. The van der Waals surface area contributed by atoms with Gasteiger partial charge in [-0.2, -0.15) is 0 Å². The van der Waals surface area contributed by atoms with Gasteiger partial charge in [0.1, 0.15) is 6.29 Å². The molecule has 1 aromatic rings. The quantitative estimate of drug-likeness (QED) is 0.119. The molecule has 158 valence electrons. The Morgan fingerprint density at radius 3 is 2.10 bits per heavy atom. The molecule has 0 aliphatic carbocycles. The van der Waals surface area contributed by atoms with Gasteiger partial charge in [-0.3, -0.25) is 9.59 Å². The number of hydrogen-bond donors (Lipinski definition) is 1. The summed E-state index contributed by atoms with van der Waals surface area (Å²) < 4.78 is 15.1. The number of ether oxygens (including phenoxy) is 3. The van der Waals surface area contributed by atoms with E-state index in [4.69, 9.17) is 14.6 Å². The predicted octanol–water partition coefficient (Wildman–Crippen LogP) is -7.68. The fraction of sp³-hybridized carbons (Fsp3) is 0.389. The van der Waals surface area contributed by atoms with Crippen LogP contribution in [0.15, 0.2) is 18.2 Å². The van der Waals surface area contributed by atoms with Gasteiger partial charge in [0.2, 0.25) is 5.60 Å². The van der Waals surface area contributed by atoms with E-state index in [1.165, 1.54) is 25.3 Å². The van der Waals surface area contributed by atoms with Gasteiger partial charge < -0.3 is 39.1 Å². The smallest absolute Gasteiger partial charge is 0.550 e. The van der Waals surface area contributed by atoms with E-state index in [0.717, 1.165) is 0 Å². The third kappa shape index (κ3) is 11.9. The Bertz CT molecular complexity index is 779. The first kappa shape index (κ1) is 33.6. The molecule has 0 amide bonds. The summed E-state index contributed by atoms with van der Waals surface area (Å²) in [6.45, 7) is -0.0348. The Hall–Kier alpha value is 0.474. The van der Waals surface area contributed by atoms with Crippen LogP contribution in [0, 0.1) is 0 Å². The third-order valence-corrected chi connectivity index (χ3v) is 3.67.